The normalized spacial score (nSPS) is 18.9. The lowest BCUT2D eigenvalue weighted by atomic mass is 10.1. The van der Waals surface area contributed by atoms with Crippen molar-refractivity contribution >= 4 is 11.8 Å². The largest absolute Gasteiger partial charge is 0.508 e. The van der Waals surface area contributed by atoms with E-state index in [4.69, 9.17) is 0 Å². The number of carbonyl (C=O) groups is 2. The van der Waals surface area contributed by atoms with E-state index < -0.39 is 0 Å². The molecule has 0 radical (unpaired) electrons. The summed E-state index contributed by atoms with van der Waals surface area (Å²) in [4.78, 5) is 22.8. The number of hydrogen-bond donors (Lipinski definition) is 3. The topological polar surface area (TPSA) is 78.4 Å². The van der Waals surface area contributed by atoms with Gasteiger partial charge in [0.15, 0.2) is 0 Å². The summed E-state index contributed by atoms with van der Waals surface area (Å²) in [5.41, 5.74) is 1.12. The Morgan fingerprint density at radius 2 is 2.29 bits per heavy atom. The second-order valence-corrected chi connectivity index (χ2v) is 4.18. The minimum atomic E-state index is -0.276. The summed E-state index contributed by atoms with van der Waals surface area (Å²) in [5.74, 6) is -0.234. The summed E-state index contributed by atoms with van der Waals surface area (Å²) in [6.07, 6.45) is 0.309. The second kappa shape index (κ2) is 4.45. The standard InChI is InChI=1S/C12H14N2O3/c1-7-2-3-8(4-10(7)15)12(17)14-9-5-11(16)13-6-9/h2-4,9,15H,5-6H2,1H3,(H,13,16)(H,14,17). The zero-order valence-corrected chi connectivity index (χ0v) is 9.49. The molecule has 0 spiro atoms. The van der Waals surface area contributed by atoms with Gasteiger partial charge in [0.25, 0.3) is 5.91 Å². The van der Waals surface area contributed by atoms with Crippen LogP contribution in [0.2, 0.25) is 0 Å². The van der Waals surface area contributed by atoms with Gasteiger partial charge in [-0.05, 0) is 24.6 Å². The minimum absolute atomic E-state index is 0.0537. The predicted molar refractivity (Wildman–Crippen MR) is 61.7 cm³/mol. The summed E-state index contributed by atoms with van der Waals surface area (Å²) in [6, 6.07) is 4.59. The number of carbonyl (C=O) groups excluding carboxylic acids is 2. The molecule has 0 bridgehead atoms. The molecule has 0 saturated carbocycles. The zero-order chi connectivity index (χ0) is 12.4. The highest BCUT2D eigenvalue weighted by Crippen LogP contribution is 2.17. The Hall–Kier alpha value is -2.04. The highest BCUT2D eigenvalue weighted by Gasteiger charge is 2.23. The third kappa shape index (κ3) is 2.55. The molecule has 0 aliphatic carbocycles. The number of aryl methyl sites for hydroxylation is 1. The van der Waals surface area contributed by atoms with E-state index in [9.17, 15) is 14.7 Å². The van der Waals surface area contributed by atoms with Gasteiger partial charge in [-0.25, -0.2) is 0 Å². The van der Waals surface area contributed by atoms with Crippen LogP contribution in [0.4, 0.5) is 0 Å². The number of hydrogen-bond acceptors (Lipinski definition) is 3. The lowest BCUT2D eigenvalue weighted by molar-refractivity contribution is -0.119. The van der Waals surface area contributed by atoms with Crippen molar-refractivity contribution in [1.29, 1.82) is 0 Å². The molecule has 3 N–H and O–H groups in total. The maximum Gasteiger partial charge on any atom is 0.251 e. The fourth-order valence-corrected chi connectivity index (χ4v) is 1.73. The number of benzene rings is 1. The zero-order valence-electron chi connectivity index (χ0n) is 9.49. The molecule has 1 heterocycles. The van der Waals surface area contributed by atoms with Crippen molar-refractivity contribution in [2.24, 2.45) is 0 Å². The van der Waals surface area contributed by atoms with Gasteiger partial charge in [0.05, 0.1) is 6.04 Å². The quantitative estimate of drug-likeness (QED) is 0.689. The van der Waals surface area contributed by atoms with Crippen molar-refractivity contribution in [2.75, 3.05) is 6.54 Å². The minimum Gasteiger partial charge on any atom is -0.508 e. The molecule has 1 aromatic carbocycles. The van der Waals surface area contributed by atoms with Crippen LogP contribution in [0.3, 0.4) is 0 Å². The first-order valence-corrected chi connectivity index (χ1v) is 5.43. The number of nitrogens with one attached hydrogen (secondary N) is 2. The van der Waals surface area contributed by atoms with Crippen molar-refractivity contribution in [1.82, 2.24) is 10.6 Å². The van der Waals surface area contributed by atoms with Crippen LogP contribution in [-0.2, 0) is 4.79 Å². The Morgan fingerprint density at radius 3 is 2.88 bits per heavy atom. The van der Waals surface area contributed by atoms with E-state index in [2.05, 4.69) is 10.6 Å². The van der Waals surface area contributed by atoms with E-state index in [1.807, 2.05) is 0 Å². The Balaban J connectivity index is 2.04. The van der Waals surface area contributed by atoms with Crippen LogP contribution < -0.4 is 10.6 Å². The predicted octanol–water partition coefficient (Wildman–Crippen LogP) is 0.319. The Morgan fingerprint density at radius 1 is 1.53 bits per heavy atom. The van der Waals surface area contributed by atoms with Gasteiger partial charge < -0.3 is 15.7 Å². The van der Waals surface area contributed by atoms with E-state index in [0.717, 1.165) is 5.56 Å². The maximum absolute atomic E-state index is 11.8. The SMILES string of the molecule is Cc1ccc(C(=O)NC2CNC(=O)C2)cc1O. The molecule has 5 nitrogen and oxygen atoms in total. The molecule has 5 heteroatoms. The summed E-state index contributed by atoms with van der Waals surface area (Å²) >= 11 is 0. The molecule has 1 saturated heterocycles. The number of amides is 2. The van der Waals surface area contributed by atoms with E-state index in [0.29, 0.717) is 18.5 Å². The maximum atomic E-state index is 11.8. The molecule has 1 atom stereocenters. The monoisotopic (exact) mass is 234 g/mol. The van der Waals surface area contributed by atoms with Gasteiger partial charge in [-0.1, -0.05) is 6.07 Å². The van der Waals surface area contributed by atoms with Crippen molar-refractivity contribution in [3.8, 4) is 5.75 Å². The van der Waals surface area contributed by atoms with Gasteiger partial charge in [0.1, 0.15) is 5.75 Å². The average molecular weight is 234 g/mol. The van der Waals surface area contributed by atoms with E-state index in [1.165, 1.54) is 6.07 Å². The summed E-state index contributed by atoms with van der Waals surface area (Å²) in [7, 11) is 0. The Labute approximate surface area is 98.8 Å². The smallest absolute Gasteiger partial charge is 0.251 e. The Kier molecular flexibility index (Phi) is 2.99. The van der Waals surface area contributed by atoms with E-state index >= 15 is 0 Å². The summed E-state index contributed by atoms with van der Waals surface area (Å²) in [6.45, 7) is 2.22. The molecule has 90 valence electrons. The summed E-state index contributed by atoms with van der Waals surface area (Å²) in [5, 5.41) is 14.9. The molecule has 1 aliphatic heterocycles. The van der Waals surface area contributed by atoms with Crippen molar-refractivity contribution < 1.29 is 14.7 Å². The van der Waals surface area contributed by atoms with Crippen LogP contribution >= 0.6 is 0 Å². The van der Waals surface area contributed by atoms with Crippen LogP contribution in [0.1, 0.15) is 22.3 Å². The number of phenols is 1. The lowest BCUT2D eigenvalue weighted by Crippen LogP contribution is -2.36. The van der Waals surface area contributed by atoms with Gasteiger partial charge in [-0.3, -0.25) is 9.59 Å². The van der Waals surface area contributed by atoms with Crippen LogP contribution in [0.5, 0.6) is 5.75 Å². The third-order valence-electron chi connectivity index (χ3n) is 2.78. The van der Waals surface area contributed by atoms with Crippen LogP contribution in [0.15, 0.2) is 18.2 Å². The lowest BCUT2D eigenvalue weighted by Gasteiger charge is -2.10. The molecule has 1 fully saturated rings. The average Bonchev–Trinajstić information content (AvgIpc) is 2.68. The first-order chi connectivity index (χ1) is 8.06. The third-order valence-corrected chi connectivity index (χ3v) is 2.78. The first kappa shape index (κ1) is 11.4. The number of phenolic OH excluding ortho intramolecular Hbond substituents is 1. The van der Waals surface area contributed by atoms with Crippen molar-refractivity contribution in [3.05, 3.63) is 29.3 Å². The first-order valence-electron chi connectivity index (χ1n) is 5.43. The van der Waals surface area contributed by atoms with Crippen molar-refractivity contribution in [2.45, 2.75) is 19.4 Å². The molecular formula is C12H14N2O3. The van der Waals surface area contributed by atoms with Crippen molar-refractivity contribution in [3.63, 3.8) is 0 Å². The fourth-order valence-electron chi connectivity index (χ4n) is 1.73. The summed E-state index contributed by atoms with van der Waals surface area (Å²) < 4.78 is 0. The van der Waals surface area contributed by atoms with Gasteiger partial charge in [0.2, 0.25) is 5.91 Å². The number of aromatic hydroxyl groups is 1. The molecular weight excluding hydrogens is 220 g/mol. The van der Waals surface area contributed by atoms with E-state index in [1.54, 1.807) is 19.1 Å². The molecule has 1 aliphatic rings. The molecule has 1 aromatic rings. The fraction of sp³-hybridized carbons (Fsp3) is 0.333. The van der Waals surface area contributed by atoms with Gasteiger partial charge in [0, 0.05) is 18.5 Å². The highest BCUT2D eigenvalue weighted by molar-refractivity contribution is 5.95. The van der Waals surface area contributed by atoms with Crippen LogP contribution in [-0.4, -0.2) is 29.5 Å². The molecule has 2 rings (SSSR count). The van der Waals surface area contributed by atoms with Crippen LogP contribution in [0, 0.1) is 6.92 Å². The highest BCUT2D eigenvalue weighted by atomic mass is 16.3. The molecule has 0 aromatic heterocycles. The molecule has 1 unspecified atom stereocenters. The molecule has 17 heavy (non-hydrogen) atoms. The van der Waals surface area contributed by atoms with E-state index in [-0.39, 0.29) is 23.6 Å². The van der Waals surface area contributed by atoms with Gasteiger partial charge in [-0.2, -0.15) is 0 Å². The van der Waals surface area contributed by atoms with Crippen LogP contribution in [0.25, 0.3) is 0 Å². The van der Waals surface area contributed by atoms with Gasteiger partial charge >= 0.3 is 0 Å². The second-order valence-electron chi connectivity index (χ2n) is 4.18. The number of rotatable bonds is 2. The Bertz CT molecular complexity index is 471. The molecule has 2 amide bonds. The van der Waals surface area contributed by atoms with Gasteiger partial charge in [-0.15, -0.1) is 0 Å².